The number of rotatable bonds is 1. The smallest absolute Gasteiger partial charge is 0.128 e. The lowest BCUT2D eigenvalue weighted by atomic mass is 10.0. The molecule has 0 fully saturated rings. The van der Waals surface area contributed by atoms with Gasteiger partial charge >= 0.3 is 0 Å². The number of aromatic hydroxyl groups is 2. The Hall–Kier alpha value is -2.16. The van der Waals surface area contributed by atoms with Crippen molar-refractivity contribution in [3.63, 3.8) is 0 Å². The molecule has 1 heterocycles. The van der Waals surface area contributed by atoms with Crippen LogP contribution in [0.4, 0.5) is 0 Å². The average Bonchev–Trinajstić information content (AvgIpc) is 2.72. The molecule has 86 valence electrons. The van der Waals surface area contributed by atoms with E-state index in [1.54, 1.807) is 24.3 Å². The maximum Gasteiger partial charge on any atom is 0.128 e. The summed E-state index contributed by atoms with van der Waals surface area (Å²) in [5.41, 5.74) is 2.12. The van der Waals surface area contributed by atoms with Gasteiger partial charge in [-0.2, -0.15) is 0 Å². The maximum atomic E-state index is 9.38. The van der Waals surface area contributed by atoms with E-state index in [-0.39, 0.29) is 17.6 Å². The minimum absolute atomic E-state index is 0.0348. The summed E-state index contributed by atoms with van der Waals surface area (Å²) in [6, 6.07) is 12.2. The Balaban J connectivity index is 1.88. The van der Waals surface area contributed by atoms with E-state index in [2.05, 4.69) is 0 Å². The molecule has 2 N–H and O–H groups in total. The van der Waals surface area contributed by atoms with Crippen molar-refractivity contribution in [1.82, 2.24) is 0 Å². The fourth-order valence-corrected chi connectivity index (χ4v) is 2.09. The molecule has 1 aliphatic heterocycles. The van der Waals surface area contributed by atoms with E-state index >= 15 is 0 Å². The molecule has 2 aromatic carbocycles. The maximum absolute atomic E-state index is 9.38. The number of phenolic OH excluding ortho intramolecular Hbond substituents is 2. The van der Waals surface area contributed by atoms with Crippen LogP contribution in [0, 0.1) is 0 Å². The van der Waals surface area contributed by atoms with Crippen molar-refractivity contribution in [2.24, 2.45) is 0 Å². The van der Waals surface area contributed by atoms with Crippen LogP contribution in [0.25, 0.3) is 0 Å². The Morgan fingerprint density at radius 2 is 1.65 bits per heavy atom. The van der Waals surface area contributed by atoms with E-state index in [1.807, 2.05) is 18.2 Å². The monoisotopic (exact) mass is 228 g/mol. The van der Waals surface area contributed by atoms with E-state index < -0.39 is 0 Å². The molecule has 0 aliphatic carbocycles. The third-order valence-electron chi connectivity index (χ3n) is 2.99. The minimum atomic E-state index is -0.0348. The molecular weight excluding hydrogens is 216 g/mol. The zero-order chi connectivity index (χ0) is 11.8. The highest BCUT2D eigenvalue weighted by molar-refractivity contribution is 5.44. The van der Waals surface area contributed by atoms with Crippen LogP contribution in [0.5, 0.6) is 17.2 Å². The number of hydrogen-bond donors (Lipinski definition) is 2. The summed E-state index contributed by atoms with van der Waals surface area (Å²) in [5.74, 6) is 1.21. The largest absolute Gasteiger partial charge is 0.508 e. The van der Waals surface area contributed by atoms with Gasteiger partial charge in [0.05, 0.1) is 0 Å². The van der Waals surface area contributed by atoms with Crippen molar-refractivity contribution in [3.05, 3.63) is 53.6 Å². The van der Waals surface area contributed by atoms with E-state index in [9.17, 15) is 10.2 Å². The van der Waals surface area contributed by atoms with Crippen LogP contribution in [0.3, 0.4) is 0 Å². The number of benzene rings is 2. The number of hydrogen-bond acceptors (Lipinski definition) is 3. The zero-order valence-electron chi connectivity index (χ0n) is 9.13. The van der Waals surface area contributed by atoms with Crippen LogP contribution >= 0.6 is 0 Å². The summed E-state index contributed by atoms with van der Waals surface area (Å²) in [4.78, 5) is 0. The first-order valence-corrected chi connectivity index (χ1v) is 5.50. The van der Waals surface area contributed by atoms with Crippen molar-refractivity contribution in [2.45, 2.75) is 12.5 Å². The van der Waals surface area contributed by atoms with E-state index in [0.717, 1.165) is 23.3 Å². The fraction of sp³-hybridized carbons (Fsp3) is 0.143. The molecule has 3 nitrogen and oxygen atoms in total. The van der Waals surface area contributed by atoms with Crippen molar-refractivity contribution < 1.29 is 14.9 Å². The van der Waals surface area contributed by atoms with Crippen molar-refractivity contribution in [3.8, 4) is 17.2 Å². The van der Waals surface area contributed by atoms with Gasteiger partial charge in [-0.05, 0) is 29.3 Å². The van der Waals surface area contributed by atoms with Gasteiger partial charge in [-0.25, -0.2) is 0 Å². The third kappa shape index (κ3) is 1.80. The highest BCUT2D eigenvalue weighted by atomic mass is 16.5. The molecule has 3 heteroatoms. The van der Waals surface area contributed by atoms with Gasteiger partial charge in [-0.3, -0.25) is 0 Å². The minimum Gasteiger partial charge on any atom is -0.508 e. The molecule has 0 bridgehead atoms. The van der Waals surface area contributed by atoms with Crippen LogP contribution in [-0.4, -0.2) is 10.2 Å². The van der Waals surface area contributed by atoms with Gasteiger partial charge in [-0.1, -0.05) is 18.2 Å². The summed E-state index contributed by atoms with van der Waals surface area (Å²) in [6.45, 7) is 0. The third-order valence-corrected chi connectivity index (χ3v) is 2.99. The van der Waals surface area contributed by atoms with Crippen molar-refractivity contribution in [2.75, 3.05) is 0 Å². The molecule has 0 spiro atoms. The lowest BCUT2D eigenvalue weighted by Gasteiger charge is -2.10. The van der Waals surface area contributed by atoms with Gasteiger partial charge in [0.25, 0.3) is 0 Å². The fourth-order valence-electron chi connectivity index (χ4n) is 2.09. The van der Waals surface area contributed by atoms with Gasteiger partial charge in [0.2, 0.25) is 0 Å². The Morgan fingerprint density at radius 3 is 2.41 bits per heavy atom. The topological polar surface area (TPSA) is 49.7 Å². The predicted molar refractivity (Wildman–Crippen MR) is 63.3 cm³/mol. The van der Waals surface area contributed by atoms with Crippen LogP contribution in [0.2, 0.25) is 0 Å². The second kappa shape index (κ2) is 3.70. The molecule has 1 unspecified atom stereocenters. The van der Waals surface area contributed by atoms with E-state index in [4.69, 9.17) is 4.74 Å². The molecule has 1 aliphatic rings. The standard InChI is InChI=1S/C14H12O3/c15-11-4-1-9(2-5-11)13-7-10-3-6-12(16)8-14(10)17-13/h1-6,8,13,15-16H,7H2. The molecule has 0 saturated heterocycles. The van der Waals surface area contributed by atoms with Crippen LogP contribution in [0.1, 0.15) is 17.2 Å². The summed E-state index contributed by atoms with van der Waals surface area (Å²) in [6.07, 6.45) is 0.757. The second-order valence-corrected chi connectivity index (χ2v) is 4.19. The normalized spacial score (nSPS) is 17.5. The Bertz CT molecular complexity index is 546. The molecular formula is C14H12O3. The van der Waals surface area contributed by atoms with Gasteiger partial charge in [0.15, 0.2) is 0 Å². The molecule has 0 radical (unpaired) electrons. The van der Waals surface area contributed by atoms with Crippen LogP contribution in [0.15, 0.2) is 42.5 Å². The van der Waals surface area contributed by atoms with Gasteiger partial charge in [0, 0.05) is 12.5 Å². The molecule has 1 atom stereocenters. The first kappa shape index (κ1) is 10.0. The van der Waals surface area contributed by atoms with Crippen molar-refractivity contribution >= 4 is 0 Å². The number of phenols is 2. The Morgan fingerprint density at radius 1 is 0.941 bits per heavy atom. The highest BCUT2D eigenvalue weighted by Gasteiger charge is 2.24. The summed E-state index contributed by atoms with van der Waals surface area (Å²) in [5, 5.41) is 18.6. The summed E-state index contributed by atoms with van der Waals surface area (Å²) < 4.78 is 5.77. The van der Waals surface area contributed by atoms with Crippen LogP contribution < -0.4 is 4.74 Å². The highest BCUT2D eigenvalue weighted by Crippen LogP contribution is 2.38. The molecule has 0 amide bonds. The van der Waals surface area contributed by atoms with Gasteiger partial charge < -0.3 is 14.9 Å². The predicted octanol–water partition coefficient (Wildman–Crippen LogP) is 2.77. The summed E-state index contributed by atoms with van der Waals surface area (Å²) >= 11 is 0. The molecule has 2 aromatic rings. The van der Waals surface area contributed by atoms with Gasteiger partial charge in [-0.15, -0.1) is 0 Å². The first-order valence-electron chi connectivity index (χ1n) is 5.50. The first-order chi connectivity index (χ1) is 8.22. The van der Waals surface area contributed by atoms with E-state index in [1.165, 1.54) is 0 Å². The molecule has 0 aromatic heterocycles. The molecule has 3 rings (SSSR count). The Kier molecular flexibility index (Phi) is 2.18. The number of ether oxygens (including phenoxy) is 1. The van der Waals surface area contributed by atoms with Gasteiger partial charge in [0.1, 0.15) is 23.4 Å². The van der Waals surface area contributed by atoms with Crippen LogP contribution in [-0.2, 0) is 6.42 Å². The van der Waals surface area contributed by atoms with Crippen molar-refractivity contribution in [1.29, 1.82) is 0 Å². The molecule has 0 saturated carbocycles. The molecule has 17 heavy (non-hydrogen) atoms. The SMILES string of the molecule is Oc1ccc(C2Cc3ccc(O)cc3O2)cc1. The average molecular weight is 228 g/mol. The lowest BCUT2D eigenvalue weighted by molar-refractivity contribution is 0.238. The Labute approximate surface area is 98.9 Å². The zero-order valence-corrected chi connectivity index (χ0v) is 9.13. The second-order valence-electron chi connectivity index (χ2n) is 4.19. The quantitative estimate of drug-likeness (QED) is 0.789. The van der Waals surface area contributed by atoms with E-state index in [0.29, 0.717) is 0 Å². The lowest BCUT2D eigenvalue weighted by Crippen LogP contribution is -2.02. The summed E-state index contributed by atoms with van der Waals surface area (Å²) in [7, 11) is 0. The number of fused-ring (bicyclic) bond motifs is 1.